The Labute approximate surface area is 98.5 Å². The summed E-state index contributed by atoms with van der Waals surface area (Å²) < 4.78 is 0. The summed E-state index contributed by atoms with van der Waals surface area (Å²) in [6, 6.07) is 0. The molecule has 76 valence electrons. The van der Waals surface area contributed by atoms with Crippen LogP contribution < -0.4 is 0 Å². The van der Waals surface area contributed by atoms with Crippen LogP contribution >= 0.6 is 46.7 Å². The summed E-state index contributed by atoms with van der Waals surface area (Å²) in [4.78, 5) is 0. The summed E-state index contributed by atoms with van der Waals surface area (Å²) >= 11 is 16.6. The fourth-order valence-corrected chi connectivity index (χ4v) is 6.64. The van der Waals surface area contributed by atoms with Crippen LogP contribution in [0.2, 0.25) is 0 Å². The van der Waals surface area contributed by atoms with Gasteiger partial charge in [0.25, 0.3) is 0 Å². The van der Waals surface area contributed by atoms with E-state index in [1.54, 1.807) is 0 Å². The minimum Gasteiger partial charge on any atom is -0.160 e. The van der Waals surface area contributed by atoms with Gasteiger partial charge in [-0.3, -0.25) is 0 Å². The molecule has 0 spiro atoms. The lowest BCUT2D eigenvalue weighted by Crippen LogP contribution is -2.39. The Kier molecular flexibility index (Phi) is 3.35. The van der Waals surface area contributed by atoms with E-state index in [1.807, 2.05) is 23.5 Å². The van der Waals surface area contributed by atoms with Crippen LogP contribution in [-0.2, 0) is 0 Å². The first-order valence-corrected chi connectivity index (χ1v) is 7.99. The molecule has 0 nitrogen and oxygen atoms in total. The van der Waals surface area contributed by atoms with Gasteiger partial charge in [0.1, 0.15) is 0 Å². The Morgan fingerprint density at radius 3 is 1.69 bits per heavy atom. The highest BCUT2D eigenvalue weighted by molar-refractivity contribution is 8.00. The first-order chi connectivity index (χ1) is 6.20. The molecular weight excluding hydrogens is 243 g/mol. The van der Waals surface area contributed by atoms with Gasteiger partial charge < -0.3 is 0 Å². The van der Waals surface area contributed by atoms with Crippen LogP contribution in [0.25, 0.3) is 0 Å². The number of thioether (sulfide) groups is 2. The molecule has 2 fully saturated rings. The summed E-state index contributed by atoms with van der Waals surface area (Å²) in [5, 5.41) is 1.90. The molecule has 4 unspecified atom stereocenters. The summed E-state index contributed by atoms with van der Waals surface area (Å²) in [7, 11) is 0. The second kappa shape index (κ2) is 4.03. The number of hydrogen-bond donors (Lipinski definition) is 0. The third-order valence-electron chi connectivity index (χ3n) is 3.38. The maximum absolute atomic E-state index is 6.38. The highest BCUT2D eigenvalue weighted by atomic mass is 35.5. The molecule has 0 radical (unpaired) electrons. The van der Waals surface area contributed by atoms with Gasteiger partial charge in [0.2, 0.25) is 0 Å². The van der Waals surface area contributed by atoms with Crippen LogP contribution in [0.15, 0.2) is 0 Å². The standard InChI is InChI=1S/C9H14Cl2S2/c1-12-8-5-3-4(6(8)10)7(11)9(5)13-2/h4-9H,3H2,1-2H3. The largest absolute Gasteiger partial charge is 0.160 e. The molecule has 2 rings (SSSR count). The predicted octanol–water partition coefficient (Wildman–Crippen LogP) is 3.31. The van der Waals surface area contributed by atoms with Crippen molar-refractivity contribution in [3.05, 3.63) is 0 Å². The van der Waals surface area contributed by atoms with E-state index in [2.05, 4.69) is 12.5 Å². The minimum atomic E-state index is 0.311. The van der Waals surface area contributed by atoms with Gasteiger partial charge in [-0.25, -0.2) is 0 Å². The van der Waals surface area contributed by atoms with Crippen LogP contribution in [0.1, 0.15) is 6.42 Å². The maximum Gasteiger partial charge on any atom is 0.0500 e. The smallest absolute Gasteiger partial charge is 0.0500 e. The molecular formula is C9H14Cl2S2. The zero-order valence-corrected chi connectivity index (χ0v) is 10.9. The molecule has 0 aliphatic heterocycles. The molecule has 0 aromatic carbocycles. The van der Waals surface area contributed by atoms with Crippen molar-refractivity contribution in [2.45, 2.75) is 27.7 Å². The van der Waals surface area contributed by atoms with Gasteiger partial charge in [0.15, 0.2) is 0 Å². The van der Waals surface area contributed by atoms with Gasteiger partial charge in [-0.05, 0) is 30.8 Å². The molecule has 2 aliphatic carbocycles. The van der Waals surface area contributed by atoms with Crippen molar-refractivity contribution in [2.24, 2.45) is 11.8 Å². The first kappa shape index (κ1) is 10.8. The third kappa shape index (κ3) is 1.53. The molecule has 0 saturated heterocycles. The highest BCUT2D eigenvalue weighted by Crippen LogP contribution is 2.56. The summed E-state index contributed by atoms with van der Waals surface area (Å²) in [5.74, 6) is 1.31. The van der Waals surface area contributed by atoms with E-state index in [4.69, 9.17) is 23.2 Å². The van der Waals surface area contributed by atoms with E-state index in [-0.39, 0.29) is 0 Å². The molecule has 0 aromatic rings. The lowest BCUT2D eigenvalue weighted by Gasteiger charge is -2.34. The molecule has 0 amide bonds. The fourth-order valence-electron chi connectivity index (χ4n) is 2.77. The van der Waals surface area contributed by atoms with Crippen molar-refractivity contribution < 1.29 is 0 Å². The second-order valence-corrected chi connectivity index (χ2v) is 6.89. The summed E-state index contributed by atoms with van der Waals surface area (Å²) in [6.07, 6.45) is 5.59. The van der Waals surface area contributed by atoms with Gasteiger partial charge in [-0.1, -0.05) is 0 Å². The Morgan fingerprint density at radius 1 is 0.923 bits per heavy atom. The van der Waals surface area contributed by atoms with E-state index in [1.165, 1.54) is 6.42 Å². The van der Waals surface area contributed by atoms with Gasteiger partial charge in [0.05, 0.1) is 10.8 Å². The Balaban J connectivity index is 2.16. The average molecular weight is 257 g/mol. The Morgan fingerprint density at radius 2 is 1.38 bits per heavy atom. The zero-order valence-electron chi connectivity index (χ0n) is 7.74. The molecule has 4 atom stereocenters. The number of fused-ring (bicyclic) bond motifs is 2. The molecule has 4 heteroatoms. The Bertz CT molecular complexity index is 178. The molecule has 2 aliphatic rings. The second-order valence-electron chi connectivity index (χ2n) is 3.85. The van der Waals surface area contributed by atoms with Crippen LogP contribution in [0.3, 0.4) is 0 Å². The SMILES string of the molecule is CSC1C(Cl)C2CC1C(SC)C2Cl. The van der Waals surface area contributed by atoms with Crippen molar-refractivity contribution in [3.8, 4) is 0 Å². The van der Waals surface area contributed by atoms with E-state index in [0.29, 0.717) is 27.2 Å². The van der Waals surface area contributed by atoms with Crippen LogP contribution in [0, 0.1) is 11.8 Å². The van der Waals surface area contributed by atoms with Crippen molar-refractivity contribution >= 4 is 46.7 Å². The zero-order chi connectivity index (χ0) is 9.59. The van der Waals surface area contributed by atoms with Crippen molar-refractivity contribution in [1.82, 2.24) is 0 Å². The molecule has 2 saturated carbocycles. The third-order valence-corrected chi connectivity index (χ3v) is 7.24. The number of rotatable bonds is 2. The number of alkyl halides is 2. The topological polar surface area (TPSA) is 0 Å². The first-order valence-electron chi connectivity index (χ1n) is 4.54. The van der Waals surface area contributed by atoms with E-state index in [0.717, 1.165) is 5.92 Å². The molecule has 0 aromatic heterocycles. The fraction of sp³-hybridized carbons (Fsp3) is 1.00. The summed E-state index contributed by atoms with van der Waals surface area (Å²) in [6.45, 7) is 0. The predicted molar refractivity (Wildman–Crippen MR) is 65.5 cm³/mol. The number of halogens is 2. The minimum absolute atomic E-state index is 0.311. The molecule has 2 bridgehead atoms. The molecule has 0 N–H and O–H groups in total. The maximum atomic E-state index is 6.38. The normalized spacial score (nSPS) is 54.5. The highest BCUT2D eigenvalue weighted by Gasteiger charge is 2.56. The lowest BCUT2D eigenvalue weighted by atomic mass is 9.98. The van der Waals surface area contributed by atoms with Gasteiger partial charge in [0, 0.05) is 10.5 Å². The van der Waals surface area contributed by atoms with Crippen molar-refractivity contribution in [3.63, 3.8) is 0 Å². The van der Waals surface area contributed by atoms with E-state index in [9.17, 15) is 0 Å². The Hall–Kier alpha value is 1.28. The van der Waals surface area contributed by atoms with Gasteiger partial charge >= 0.3 is 0 Å². The molecule has 0 heterocycles. The van der Waals surface area contributed by atoms with Crippen LogP contribution in [0.5, 0.6) is 0 Å². The van der Waals surface area contributed by atoms with Gasteiger partial charge in [-0.2, -0.15) is 23.5 Å². The van der Waals surface area contributed by atoms with Crippen LogP contribution in [-0.4, -0.2) is 33.8 Å². The molecule has 13 heavy (non-hydrogen) atoms. The average Bonchev–Trinajstić information content (AvgIpc) is 2.59. The van der Waals surface area contributed by atoms with Crippen LogP contribution in [0.4, 0.5) is 0 Å². The van der Waals surface area contributed by atoms with Crippen molar-refractivity contribution in [1.29, 1.82) is 0 Å². The van der Waals surface area contributed by atoms with Crippen molar-refractivity contribution in [2.75, 3.05) is 12.5 Å². The lowest BCUT2D eigenvalue weighted by molar-refractivity contribution is 0.519. The van der Waals surface area contributed by atoms with E-state index < -0.39 is 0 Å². The quantitative estimate of drug-likeness (QED) is 0.696. The summed E-state index contributed by atoms with van der Waals surface area (Å²) in [5.41, 5.74) is 0. The monoisotopic (exact) mass is 256 g/mol. The van der Waals surface area contributed by atoms with E-state index >= 15 is 0 Å². The van der Waals surface area contributed by atoms with Gasteiger partial charge in [-0.15, -0.1) is 23.2 Å². The number of hydrogen-bond acceptors (Lipinski definition) is 2.